The van der Waals surface area contributed by atoms with Gasteiger partial charge in [-0.2, -0.15) is 10.2 Å². The largest absolute Gasteiger partial charge is 0.507 e. The first-order chi connectivity index (χ1) is 12.1. The Morgan fingerprint density at radius 3 is 2.76 bits per heavy atom. The van der Waals surface area contributed by atoms with Crippen LogP contribution in [0.4, 0.5) is 11.6 Å². The van der Waals surface area contributed by atoms with E-state index in [1.54, 1.807) is 0 Å². The summed E-state index contributed by atoms with van der Waals surface area (Å²) in [6, 6.07) is 13.1. The predicted octanol–water partition coefficient (Wildman–Crippen LogP) is 2.60. The fourth-order valence-electron chi connectivity index (χ4n) is 2.02. The molecule has 0 bridgehead atoms. The molecule has 1 aromatic heterocycles. The smallest absolute Gasteiger partial charge is 0.270 e. The van der Waals surface area contributed by atoms with E-state index >= 15 is 0 Å². The number of anilines is 1. The number of nitrogens with one attached hydrogen (secondary N) is 1. The zero-order valence-corrected chi connectivity index (χ0v) is 12.8. The molecule has 3 rings (SSSR count). The second-order valence-electron chi connectivity index (χ2n) is 4.90. The topological polar surface area (TPSA) is 126 Å². The van der Waals surface area contributed by atoms with Crippen LogP contribution in [0.25, 0.3) is 11.3 Å². The average molecular weight is 336 g/mol. The number of nitro benzene ring substituents is 1. The van der Waals surface area contributed by atoms with Gasteiger partial charge in [-0.1, -0.05) is 30.3 Å². The number of nitro groups is 1. The molecule has 9 nitrogen and oxygen atoms in total. The van der Waals surface area contributed by atoms with E-state index in [1.165, 1.54) is 30.6 Å². The van der Waals surface area contributed by atoms with Crippen molar-refractivity contribution in [2.45, 2.75) is 0 Å². The van der Waals surface area contributed by atoms with Gasteiger partial charge in [0.25, 0.3) is 11.6 Å². The van der Waals surface area contributed by atoms with Crippen molar-refractivity contribution in [1.29, 1.82) is 0 Å². The van der Waals surface area contributed by atoms with Crippen LogP contribution in [0.3, 0.4) is 0 Å². The SMILES string of the molecule is O=[N+]([O-])c1ccc(O)c(/C=N\Nc2nncc(-c3ccccc3)n2)c1. The van der Waals surface area contributed by atoms with Crippen molar-refractivity contribution >= 4 is 17.9 Å². The third-order valence-electron chi connectivity index (χ3n) is 3.22. The molecule has 25 heavy (non-hydrogen) atoms. The van der Waals surface area contributed by atoms with Gasteiger partial charge in [-0.05, 0) is 6.07 Å². The molecule has 0 saturated carbocycles. The number of nitrogens with zero attached hydrogens (tertiary/aromatic N) is 5. The Labute approximate surface area is 141 Å². The zero-order chi connectivity index (χ0) is 17.6. The van der Waals surface area contributed by atoms with Crippen molar-refractivity contribution in [2.24, 2.45) is 5.10 Å². The van der Waals surface area contributed by atoms with E-state index in [1.807, 2.05) is 30.3 Å². The van der Waals surface area contributed by atoms with E-state index in [9.17, 15) is 15.2 Å². The number of rotatable bonds is 5. The molecule has 1 heterocycles. The molecule has 2 N–H and O–H groups in total. The lowest BCUT2D eigenvalue weighted by Gasteiger charge is -2.02. The summed E-state index contributed by atoms with van der Waals surface area (Å²) in [5.41, 5.74) is 4.11. The molecule has 124 valence electrons. The highest BCUT2D eigenvalue weighted by Crippen LogP contribution is 2.21. The number of aromatic nitrogens is 3. The number of hydrogen-bond donors (Lipinski definition) is 2. The standard InChI is InChI=1S/C16H12N6O3/c23-15-7-6-13(22(24)25)8-12(15)9-17-20-16-19-14(10-18-21-16)11-4-2-1-3-5-11/h1-10,23H,(H,19,20,21)/b17-9-. The van der Waals surface area contributed by atoms with Crippen LogP contribution < -0.4 is 5.43 Å². The van der Waals surface area contributed by atoms with Gasteiger partial charge < -0.3 is 5.11 Å². The number of phenols is 1. The van der Waals surface area contributed by atoms with E-state index in [-0.39, 0.29) is 22.9 Å². The van der Waals surface area contributed by atoms with Crippen molar-refractivity contribution in [3.8, 4) is 17.0 Å². The highest BCUT2D eigenvalue weighted by atomic mass is 16.6. The number of benzene rings is 2. The summed E-state index contributed by atoms with van der Waals surface area (Å²) in [6.07, 6.45) is 2.76. The van der Waals surface area contributed by atoms with Crippen molar-refractivity contribution < 1.29 is 10.0 Å². The summed E-state index contributed by atoms with van der Waals surface area (Å²) in [5.74, 6) is 0.0238. The van der Waals surface area contributed by atoms with Gasteiger partial charge in [0.05, 0.1) is 23.0 Å². The van der Waals surface area contributed by atoms with Gasteiger partial charge in [0, 0.05) is 23.3 Å². The highest BCUT2D eigenvalue weighted by molar-refractivity contribution is 5.84. The molecule has 0 saturated heterocycles. The minimum Gasteiger partial charge on any atom is -0.507 e. The van der Waals surface area contributed by atoms with Crippen LogP contribution in [-0.4, -0.2) is 31.4 Å². The molecule has 2 aromatic carbocycles. The van der Waals surface area contributed by atoms with Crippen LogP contribution in [0.15, 0.2) is 59.8 Å². The van der Waals surface area contributed by atoms with Crippen molar-refractivity contribution in [3.63, 3.8) is 0 Å². The van der Waals surface area contributed by atoms with Gasteiger partial charge in [0.1, 0.15) is 5.75 Å². The minimum atomic E-state index is -0.555. The van der Waals surface area contributed by atoms with Gasteiger partial charge in [-0.3, -0.25) is 10.1 Å². The van der Waals surface area contributed by atoms with E-state index < -0.39 is 4.92 Å². The molecule has 0 radical (unpaired) electrons. The van der Waals surface area contributed by atoms with Gasteiger partial charge >= 0.3 is 0 Å². The first-order valence-electron chi connectivity index (χ1n) is 7.15. The number of phenolic OH excluding ortho intramolecular Hbond substituents is 1. The molecular weight excluding hydrogens is 324 g/mol. The van der Waals surface area contributed by atoms with Crippen LogP contribution >= 0.6 is 0 Å². The summed E-state index contributed by atoms with van der Waals surface area (Å²) in [5, 5.41) is 32.0. The first kappa shape index (κ1) is 16.0. The Kier molecular flexibility index (Phi) is 4.56. The van der Waals surface area contributed by atoms with Gasteiger partial charge in [0.2, 0.25) is 0 Å². The molecule has 0 unspecified atom stereocenters. The fourth-order valence-corrected chi connectivity index (χ4v) is 2.02. The normalized spacial score (nSPS) is 10.7. The predicted molar refractivity (Wildman–Crippen MR) is 91.2 cm³/mol. The van der Waals surface area contributed by atoms with Gasteiger partial charge in [-0.15, -0.1) is 5.10 Å². The zero-order valence-electron chi connectivity index (χ0n) is 12.8. The molecule has 0 fully saturated rings. The quantitative estimate of drug-likeness (QED) is 0.416. The molecule has 0 aliphatic carbocycles. The number of hydrazone groups is 1. The Morgan fingerprint density at radius 2 is 2.00 bits per heavy atom. The second-order valence-corrected chi connectivity index (χ2v) is 4.90. The van der Waals surface area contributed by atoms with Crippen LogP contribution in [-0.2, 0) is 0 Å². The van der Waals surface area contributed by atoms with Gasteiger partial charge in [0.15, 0.2) is 0 Å². The van der Waals surface area contributed by atoms with Crippen molar-refractivity contribution in [3.05, 3.63) is 70.4 Å². The molecule has 9 heteroatoms. The van der Waals surface area contributed by atoms with E-state index in [0.29, 0.717) is 5.69 Å². The lowest BCUT2D eigenvalue weighted by Crippen LogP contribution is -2.00. The van der Waals surface area contributed by atoms with Crippen molar-refractivity contribution in [2.75, 3.05) is 5.43 Å². The molecule has 0 aliphatic rings. The Morgan fingerprint density at radius 1 is 1.20 bits per heavy atom. The lowest BCUT2D eigenvalue weighted by molar-refractivity contribution is -0.384. The van der Waals surface area contributed by atoms with Crippen LogP contribution in [0.1, 0.15) is 5.56 Å². The van der Waals surface area contributed by atoms with Crippen LogP contribution in [0.5, 0.6) is 5.75 Å². The third kappa shape index (κ3) is 3.91. The van der Waals surface area contributed by atoms with Crippen LogP contribution in [0.2, 0.25) is 0 Å². The maximum absolute atomic E-state index is 10.8. The third-order valence-corrected chi connectivity index (χ3v) is 3.22. The molecule has 0 aliphatic heterocycles. The fraction of sp³-hybridized carbons (Fsp3) is 0. The number of non-ortho nitro benzene ring substituents is 1. The van der Waals surface area contributed by atoms with Crippen molar-refractivity contribution in [1.82, 2.24) is 15.2 Å². The molecular formula is C16H12N6O3. The highest BCUT2D eigenvalue weighted by Gasteiger charge is 2.09. The summed E-state index contributed by atoms with van der Waals surface area (Å²) in [7, 11) is 0. The van der Waals surface area contributed by atoms with Gasteiger partial charge in [-0.25, -0.2) is 10.4 Å². The summed E-state index contributed by atoms with van der Waals surface area (Å²) in [4.78, 5) is 14.5. The second kappa shape index (κ2) is 7.13. The Balaban J connectivity index is 1.77. The maximum Gasteiger partial charge on any atom is 0.270 e. The van der Waals surface area contributed by atoms with E-state index in [4.69, 9.17) is 0 Å². The van der Waals surface area contributed by atoms with E-state index in [0.717, 1.165) is 5.56 Å². The summed E-state index contributed by atoms with van der Waals surface area (Å²) >= 11 is 0. The van der Waals surface area contributed by atoms with E-state index in [2.05, 4.69) is 25.7 Å². The molecule has 0 atom stereocenters. The molecule has 0 spiro atoms. The van der Waals surface area contributed by atoms with Crippen LogP contribution in [0, 0.1) is 10.1 Å². The average Bonchev–Trinajstić information content (AvgIpc) is 2.64. The summed E-state index contributed by atoms with van der Waals surface area (Å²) < 4.78 is 0. The number of hydrogen-bond acceptors (Lipinski definition) is 8. The maximum atomic E-state index is 10.8. The lowest BCUT2D eigenvalue weighted by atomic mass is 10.2. The Hall–Kier alpha value is -3.88. The first-order valence-corrected chi connectivity index (χ1v) is 7.15. The monoisotopic (exact) mass is 336 g/mol. The molecule has 3 aromatic rings. The minimum absolute atomic E-state index is 0.131. The number of aromatic hydroxyl groups is 1. The molecule has 0 amide bonds. The summed E-state index contributed by atoms with van der Waals surface area (Å²) in [6.45, 7) is 0. The Bertz CT molecular complexity index is 930.